The van der Waals surface area contributed by atoms with Gasteiger partial charge in [0.25, 0.3) is 5.91 Å². The number of nitrogens with zero attached hydrogens (tertiary/aromatic N) is 4. The molecule has 40 heavy (non-hydrogen) atoms. The number of carbonyl (C=O) groups is 1. The fraction of sp³-hybridized carbons (Fsp3) is 0.310. The molecule has 0 radical (unpaired) electrons. The number of fused-ring (bicyclic) bond motifs is 1. The van der Waals surface area contributed by atoms with Gasteiger partial charge in [-0.1, -0.05) is 41.7 Å². The van der Waals surface area contributed by atoms with Crippen molar-refractivity contribution in [2.75, 3.05) is 57.6 Å². The Kier molecular flexibility index (Phi) is 9.19. The number of amides is 1. The first-order valence-corrected chi connectivity index (χ1v) is 16.5. The van der Waals surface area contributed by atoms with Crippen LogP contribution in [0.25, 0.3) is 10.2 Å². The summed E-state index contributed by atoms with van der Waals surface area (Å²) in [6, 6.07) is 21.8. The maximum absolute atomic E-state index is 13.8. The molecule has 3 aromatic carbocycles. The summed E-state index contributed by atoms with van der Waals surface area (Å²) in [4.78, 5) is 23.9. The largest absolute Gasteiger partial charge is 0.379 e. The molecule has 0 atom stereocenters. The Hall–Kier alpha value is -2.80. The van der Waals surface area contributed by atoms with Crippen molar-refractivity contribution in [2.24, 2.45) is 0 Å². The predicted octanol–water partition coefficient (Wildman–Crippen LogP) is 4.82. The van der Waals surface area contributed by atoms with Gasteiger partial charge in [-0.15, -0.1) is 11.8 Å². The monoisotopic (exact) mass is 596 g/mol. The van der Waals surface area contributed by atoms with Crippen molar-refractivity contribution < 1.29 is 17.9 Å². The van der Waals surface area contributed by atoms with Gasteiger partial charge in [0.15, 0.2) is 5.13 Å². The van der Waals surface area contributed by atoms with E-state index >= 15 is 0 Å². The summed E-state index contributed by atoms with van der Waals surface area (Å²) in [5, 5.41) is 0.630. The lowest BCUT2D eigenvalue weighted by atomic mass is 10.2. The van der Waals surface area contributed by atoms with Crippen LogP contribution < -0.4 is 4.90 Å². The van der Waals surface area contributed by atoms with E-state index in [0.717, 1.165) is 33.8 Å². The predicted molar refractivity (Wildman–Crippen MR) is 162 cm³/mol. The van der Waals surface area contributed by atoms with Gasteiger partial charge < -0.3 is 4.74 Å². The van der Waals surface area contributed by atoms with E-state index in [1.54, 1.807) is 35.8 Å². The zero-order valence-corrected chi connectivity index (χ0v) is 25.0. The molecule has 2 heterocycles. The van der Waals surface area contributed by atoms with Gasteiger partial charge >= 0.3 is 0 Å². The van der Waals surface area contributed by atoms with Crippen LogP contribution in [0.15, 0.2) is 82.6 Å². The van der Waals surface area contributed by atoms with E-state index in [1.165, 1.54) is 27.8 Å². The van der Waals surface area contributed by atoms with Crippen molar-refractivity contribution in [1.82, 2.24) is 14.2 Å². The molecule has 1 aromatic heterocycles. The van der Waals surface area contributed by atoms with Crippen LogP contribution in [-0.2, 0) is 21.3 Å². The van der Waals surface area contributed by atoms with Crippen molar-refractivity contribution in [3.63, 3.8) is 0 Å². The lowest BCUT2D eigenvalue weighted by molar-refractivity contribution is 0.0391. The number of sulfonamides is 1. The molecule has 0 unspecified atom stereocenters. The second kappa shape index (κ2) is 12.8. The third kappa shape index (κ3) is 6.56. The van der Waals surface area contributed by atoms with Crippen molar-refractivity contribution in [2.45, 2.75) is 16.3 Å². The second-order valence-corrected chi connectivity index (χ2v) is 13.4. The van der Waals surface area contributed by atoms with E-state index in [0.29, 0.717) is 37.0 Å². The highest BCUT2D eigenvalue weighted by molar-refractivity contribution is 7.98. The van der Waals surface area contributed by atoms with Gasteiger partial charge in [0.1, 0.15) is 0 Å². The lowest BCUT2D eigenvalue weighted by Crippen LogP contribution is -2.43. The van der Waals surface area contributed by atoms with Crippen LogP contribution in [0.5, 0.6) is 0 Å². The highest BCUT2D eigenvalue weighted by Crippen LogP contribution is 2.32. The first-order chi connectivity index (χ1) is 19.3. The van der Waals surface area contributed by atoms with Crippen molar-refractivity contribution in [3.05, 3.63) is 83.9 Å². The molecule has 1 amide bonds. The van der Waals surface area contributed by atoms with Crippen molar-refractivity contribution >= 4 is 54.4 Å². The molecule has 0 aliphatic carbocycles. The van der Waals surface area contributed by atoms with Gasteiger partial charge in [-0.05, 0) is 54.3 Å². The molecule has 210 valence electrons. The normalized spacial score (nSPS) is 14.6. The summed E-state index contributed by atoms with van der Waals surface area (Å²) in [6.45, 7) is 4.42. The Bertz CT molecular complexity index is 1550. The molecular formula is C29H32N4O4S3. The molecule has 11 heteroatoms. The molecule has 0 bridgehead atoms. The molecule has 1 aliphatic heterocycles. The maximum atomic E-state index is 13.8. The molecule has 8 nitrogen and oxygen atoms in total. The molecule has 1 aliphatic rings. The molecule has 0 saturated carbocycles. The first-order valence-electron chi connectivity index (χ1n) is 13.0. The number of rotatable bonds is 10. The average molecular weight is 597 g/mol. The molecule has 4 aromatic rings. The van der Waals surface area contributed by atoms with Gasteiger partial charge in [-0.3, -0.25) is 14.6 Å². The minimum atomic E-state index is -3.72. The lowest BCUT2D eigenvalue weighted by Gasteiger charge is -2.29. The van der Waals surface area contributed by atoms with Crippen molar-refractivity contribution in [1.29, 1.82) is 0 Å². The van der Waals surface area contributed by atoms with Gasteiger partial charge in [-0.25, -0.2) is 13.4 Å². The summed E-state index contributed by atoms with van der Waals surface area (Å²) < 4.78 is 34.2. The van der Waals surface area contributed by atoms with Crippen LogP contribution in [0.4, 0.5) is 5.13 Å². The SMILES string of the molecule is CSc1ccc2nc(N(CCN3CCOCC3)C(=O)c3ccc(S(=O)(=O)N(C)Cc4ccccc4)cc3)sc2c1. The fourth-order valence-corrected chi connectivity index (χ4v) is 7.22. The van der Waals surface area contributed by atoms with E-state index < -0.39 is 10.0 Å². The number of morpholine rings is 1. The number of hydrogen-bond donors (Lipinski definition) is 0. The molecule has 1 saturated heterocycles. The summed E-state index contributed by atoms with van der Waals surface area (Å²) in [6.07, 6.45) is 2.03. The zero-order valence-electron chi connectivity index (χ0n) is 22.5. The summed E-state index contributed by atoms with van der Waals surface area (Å²) >= 11 is 3.16. The molecule has 0 spiro atoms. The number of ether oxygens (including phenoxy) is 1. The van der Waals surface area contributed by atoms with E-state index in [4.69, 9.17) is 9.72 Å². The number of hydrogen-bond acceptors (Lipinski definition) is 8. The van der Waals surface area contributed by atoms with Crippen LogP contribution in [-0.4, -0.2) is 81.2 Å². The Morgan fingerprint density at radius 1 is 1.05 bits per heavy atom. The Labute approximate surface area is 243 Å². The number of thioether (sulfide) groups is 1. The van der Waals surface area contributed by atoms with Gasteiger partial charge in [0.05, 0.1) is 28.3 Å². The maximum Gasteiger partial charge on any atom is 0.260 e. The topological polar surface area (TPSA) is 83.0 Å². The molecule has 1 fully saturated rings. The Balaban J connectivity index is 1.38. The number of carbonyl (C=O) groups excluding carboxylic acids is 1. The van der Waals surface area contributed by atoms with Crippen LogP contribution >= 0.6 is 23.1 Å². The van der Waals surface area contributed by atoms with E-state index in [9.17, 15) is 13.2 Å². The van der Waals surface area contributed by atoms with E-state index in [2.05, 4.69) is 11.0 Å². The van der Waals surface area contributed by atoms with Gasteiger partial charge in [-0.2, -0.15) is 4.31 Å². The summed E-state index contributed by atoms with van der Waals surface area (Å²) in [7, 11) is -2.16. The second-order valence-electron chi connectivity index (χ2n) is 9.51. The number of aromatic nitrogens is 1. The number of thiazole rings is 1. The average Bonchev–Trinajstić information content (AvgIpc) is 3.41. The molecule has 5 rings (SSSR count). The third-order valence-electron chi connectivity index (χ3n) is 6.86. The van der Waals surface area contributed by atoms with Gasteiger partial charge in [0.2, 0.25) is 10.0 Å². The molecular weight excluding hydrogens is 565 g/mol. The standard InChI is InChI=1S/C29H32N4O4S3/c1-31(21-22-6-4-3-5-7-22)40(35,36)25-11-8-23(9-12-25)28(34)33(15-14-32-16-18-37-19-17-32)29-30-26-13-10-24(38-2)20-27(26)39-29/h3-13,20H,14-19,21H2,1-2H3. The summed E-state index contributed by atoms with van der Waals surface area (Å²) in [5.74, 6) is -0.209. The van der Waals surface area contributed by atoms with E-state index in [1.807, 2.05) is 48.7 Å². The first kappa shape index (κ1) is 28.7. The van der Waals surface area contributed by atoms with Gasteiger partial charge in [0, 0.05) is 50.2 Å². The number of benzene rings is 3. The smallest absolute Gasteiger partial charge is 0.260 e. The van der Waals surface area contributed by atoms with Crippen LogP contribution in [0, 0.1) is 0 Å². The third-order valence-corrected chi connectivity index (χ3v) is 10.4. The van der Waals surface area contributed by atoms with E-state index in [-0.39, 0.29) is 17.3 Å². The minimum absolute atomic E-state index is 0.145. The van der Waals surface area contributed by atoms with Crippen LogP contribution in [0.3, 0.4) is 0 Å². The highest BCUT2D eigenvalue weighted by Gasteiger charge is 2.25. The molecule has 0 N–H and O–H groups in total. The van der Waals surface area contributed by atoms with Crippen molar-refractivity contribution in [3.8, 4) is 0 Å². The Morgan fingerprint density at radius 2 is 1.77 bits per heavy atom. The Morgan fingerprint density at radius 3 is 2.48 bits per heavy atom. The quantitative estimate of drug-likeness (QED) is 0.243. The number of anilines is 1. The zero-order chi connectivity index (χ0) is 28.1. The summed E-state index contributed by atoms with van der Waals surface area (Å²) in [5.41, 5.74) is 2.16. The van der Waals surface area contributed by atoms with Crippen LogP contribution in [0.1, 0.15) is 15.9 Å². The highest BCUT2D eigenvalue weighted by atomic mass is 32.2. The minimum Gasteiger partial charge on any atom is -0.379 e. The van der Waals surface area contributed by atoms with Crippen LogP contribution in [0.2, 0.25) is 0 Å². The fourth-order valence-electron chi connectivity index (χ4n) is 4.52.